The van der Waals surface area contributed by atoms with Crippen molar-refractivity contribution >= 4 is 22.5 Å². The molecule has 1 aromatic heterocycles. The number of halogens is 1. The number of fused-ring (bicyclic) bond motifs is 1. The molecule has 3 nitrogen and oxygen atoms in total. The highest BCUT2D eigenvalue weighted by molar-refractivity contribution is 6.34. The maximum atomic E-state index is 6.07. The van der Waals surface area contributed by atoms with Gasteiger partial charge < -0.3 is 5.73 Å². The van der Waals surface area contributed by atoms with Crippen LogP contribution in [0.5, 0.6) is 0 Å². The molecule has 0 fully saturated rings. The summed E-state index contributed by atoms with van der Waals surface area (Å²) >= 11 is 6.07. The van der Waals surface area contributed by atoms with Crippen molar-refractivity contribution in [3.05, 3.63) is 34.7 Å². The first-order valence-corrected chi connectivity index (χ1v) is 5.15. The van der Waals surface area contributed by atoms with Gasteiger partial charge in [0.25, 0.3) is 0 Å². The Hall–Kier alpha value is -1.19. The van der Waals surface area contributed by atoms with E-state index in [1.165, 1.54) is 0 Å². The summed E-state index contributed by atoms with van der Waals surface area (Å²) in [5, 5.41) is 1.34. The molecule has 2 rings (SSSR count). The van der Waals surface area contributed by atoms with Gasteiger partial charge in [0.2, 0.25) is 0 Å². The zero-order valence-electron chi connectivity index (χ0n) is 8.66. The molecule has 0 amide bonds. The summed E-state index contributed by atoms with van der Waals surface area (Å²) in [5.41, 5.74) is 7.70. The van der Waals surface area contributed by atoms with E-state index in [1.54, 1.807) is 0 Å². The van der Waals surface area contributed by atoms with E-state index in [2.05, 4.69) is 9.97 Å². The lowest BCUT2D eigenvalue weighted by Crippen LogP contribution is -2.10. The molecule has 0 aliphatic heterocycles. The molecule has 1 aromatic carbocycles. The van der Waals surface area contributed by atoms with Crippen LogP contribution in [0.25, 0.3) is 10.9 Å². The Kier molecular flexibility index (Phi) is 2.59. The summed E-state index contributed by atoms with van der Waals surface area (Å²) < 4.78 is 0. The van der Waals surface area contributed by atoms with E-state index >= 15 is 0 Å². The third-order valence-electron chi connectivity index (χ3n) is 2.23. The van der Waals surface area contributed by atoms with Crippen molar-refractivity contribution in [2.24, 2.45) is 5.73 Å². The smallest absolute Gasteiger partial charge is 0.147 e. The molecule has 0 saturated heterocycles. The van der Waals surface area contributed by atoms with Crippen molar-refractivity contribution in [2.45, 2.75) is 19.9 Å². The Balaban J connectivity index is 2.73. The Morgan fingerprint density at radius 1 is 1.33 bits per heavy atom. The molecule has 15 heavy (non-hydrogen) atoms. The molecule has 2 aromatic rings. The fourth-order valence-electron chi connectivity index (χ4n) is 1.43. The lowest BCUT2D eigenvalue weighted by Gasteiger charge is -2.07. The molecule has 0 spiro atoms. The monoisotopic (exact) mass is 221 g/mol. The summed E-state index contributed by atoms with van der Waals surface area (Å²) in [6, 6.07) is 5.71. The molecule has 78 valence electrons. The second kappa shape index (κ2) is 3.76. The van der Waals surface area contributed by atoms with Crippen molar-refractivity contribution < 1.29 is 0 Å². The van der Waals surface area contributed by atoms with Gasteiger partial charge in [0, 0.05) is 5.39 Å². The normalized spacial score (nSPS) is 13.1. The largest absolute Gasteiger partial charge is 0.322 e. The van der Waals surface area contributed by atoms with Crippen LogP contribution in [0.15, 0.2) is 18.2 Å². The summed E-state index contributed by atoms with van der Waals surface area (Å²) in [6.45, 7) is 3.85. The van der Waals surface area contributed by atoms with Crippen LogP contribution in [0.3, 0.4) is 0 Å². The highest BCUT2D eigenvalue weighted by Crippen LogP contribution is 2.22. The highest BCUT2D eigenvalue weighted by Gasteiger charge is 2.08. The van der Waals surface area contributed by atoms with Gasteiger partial charge in [-0.15, -0.1) is 0 Å². The Bertz CT molecular complexity index is 508. The molecule has 0 aliphatic rings. The van der Waals surface area contributed by atoms with Crippen LogP contribution in [0.1, 0.15) is 24.4 Å². The van der Waals surface area contributed by atoms with E-state index in [0.29, 0.717) is 11.0 Å². The van der Waals surface area contributed by atoms with E-state index in [9.17, 15) is 0 Å². The Morgan fingerprint density at radius 3 is 2.73 bits per heavy atom. The number of nitrogens with two attached hydrogens (primary N) is 1. The zero-order valence-corrected chi connectivity index (χ0v) is 9.42. The fourth-order valence-corrected chi connectivity index (χ4v) is 1.66. The highest BCUT2D eigenvalue weighted by atomic mass is 35.5. The van der Waals surface area contributed by atoms with Gasteiger partial charge in [0.15, 0.2) is 0 Å². The van der Waals surface area contributed by atoms with Gasteiger partial charge in [0.05, 0.1) is 11.6 Å². The maximum Gasteiger partial charge on any atom is 0.147 e. The molecular weight excluding hydrogens is 210 g/mol. The molecule has 2 N–H and O–H groups in total. The second-order valence-corrected chi connectivity index (χ2v) is 4.04. The van der Waals surface area contributed by atoms with Crippen LogP contribution in [0.2, 0.25) is 5.15 Å². The molecule has 0 bridgehead atoms. The van der Waals surface area contributed by atoms with E-state index in [4.69, 9.17) is 17.3 Å². The molecule has 0 saturated carbocycles. The Labute approximate surface area is 93.3 Å². The first kappa shape index (κ1) is 10.3. The SMILES string of the molecule is Cc1ccc2nc(C(C)N)nc(Cl)c2c1. The molecule has 0 aliphatic carbocycles. The molecule has 4 heteroatoms. The first-order valence-electron chi connectivity index (χ1n) is 4.77. The third kappa shape index (κ3) is 1.94. The summed E-state index contributed by atoms with van der Waals surface area (Å²) in [4.78, 5) is 8.53. The van der Waals surface area contributed by atoms with Crippen molar-refractivity contribution in [3.63, 3.8) is 0 Å². The average molecular weight is 222 g/mol. The van der Waals surface area contributed by atoms with Gasteiger partial charge in [-0.3, -0.25) is 0 Å². The van der Waals surface area contributed by atoms with E-state index < -0.39 is 0 Å². The number of hydrogen-bond acceptors (Lipinski definition) is 3. The summed E-state index contributed by atoms with van der Waals surface area (Å²) in [6.07, 6.45) is 0. The number of aromatic nitrogens is 2. The molecule has 1 atom stereocenters. The van der Waals surface area contributed by atoms with E-state index in [1.807, 2.05) is 32.0 Å². The van der Waals surface area contributed by atoms with Crippen LogP contribution >= 0.6 is 11.6 Å². The average Bonchev–Trinajstić information content (AvgIpc) is 2.18. The summed E-state index contributed by atoms with van der Waals surface area (Å²) in [5.74, 6) is 0.580. The van der Waals surface area contributed by atoms with Gasteiger partial charge in [0.1, 0.15) is 11.0 Å². The van der Waals surface area contributed by atoms with Gasteiger partial charge >= 0.3 is 0 Å². The van der Waals surface area contributed by atoms with Gasteiger partial charge in [-0.2, -0.15) is 0 Å². The van der Waals surface area contributed by atoms with Crippen molar-refractivity contribution in [3.8, 4) is 0 Å². The Morgan fingerprint density at radius 2 is 2.07 bits per heavy atom. The number of benzene rings is 1. The minimum Gasteiger partial charge on any atom is -0.322 e. The van der Waals surface area contributed by atoms with E-state index in [0.717, 1.165) is 16.5 Å². The number of rotatable bonds is 1. The molecular formula is C11H12ClN3. The first-order chi connectivity index (χ1) is 7.08. The second-order valence-electron chi connectivity index (χ2n) is 3.68. The molecule has 0 radical (unpaired) electrons. The number of nitrogens with zero attached hydrogens (tertiary/aromatic N) is 2. The number of aryl methyl sites for hydroxylation is 1. The maximum absolute atomic E-state index is 6.07. The minimum atomic E-state index is -0.201. The predicted octanol–water partition coefficient (Wildman–Crippen LogP) is 2.61. The minimum absolute atomic E-state index is 0.201. The predicted molar refractivity (Wildman–Crippen MR) is 61.9 cm³/mol. The zero-order chi connectivity index (χ0) is 11.0. The van der Waals surface area contributed by atoms with Gasteiger partial charge in [-0.25, -0.2) is 9.97 Å². The van der Waals surface area contributed by atoms with Gasteiger partial charge in [-0.1, -0.05) is 23.2 Å². The lowest BCUT2D eigenvalue weighted by atomic mass is 10.1. The van der Waals surface area contributed by atoms with Crippen LogP contribution < -0.4 is 5.73 Å². The van der Waals surface area contributed by atoms with Gasteiger partial charge in [-0.05, 0) is 26.0 Å². The van der Waals surface area contributed by atoms with Crippen LogP contribution in [-0.2, 0) is 0 Å². The standard InChI is InChI=1S/C11H12ClN3/c1-6-3-4-9-8(5-6)10(12)15-11(14-9)7(2)13/h3-5,7H,13H2,1-2H3. The van der Waals surface area contributed by atoms with Crippen molar-refractivity contribution in [2.75, 3.05) is 0 Å². The quantitative estimate of drug-likeness (QED) is 0.754. The van der Waals surface area contributed by atoms with Crippen LogP contribution in [0.4, 0.5) is 0 Å². The topological polar surface area (TPSA) is 51.8 Å². The summed E-state index contributed by atoms with van der Waals surface area (Å²) in [7, 11) is 0. The van der Waals surface area contributed by atoms with E-state index in [-0.39, 0.29) is 6.04 Å². The third-order valence-corrected chi connectivity index (χ3v) is 2.52. The van der Waals surface area contributed by atoms with Crippen LogP contribution in [0, 0.1) is 6.92 Å². The van der Waals surface area contributed by atoms with Crippen LogP contribution in [-0.4, -0.2) is 9.97 Å². The lowest BCUT2D eigenvalue weighted by molar-refractivity contribution is 0.746. The number of hydrogen-bond donors (Lipinski definition) is 1. The molecule has 1 heterocycles. The van der Waals surface area contributed by atoms with Crippen molar-refractivity contribution in [1.82, 2.24) is 9.97 Å². The molecule has 1 unspecified atom stereocenters. The fraction of sp³-hybridized carbons (Fsp3) is 0.273. The van der Waals surface area contributed by atoms with Crippen molar-refractivity contribution in [1.29, 1.82) is 0 Å².